The van der Waals surface area contributed by atoms with Crippen LogP contribution in [0.1, 0.15) is 36.4 Å². The average molecular weight is 359 g/mol. The summed E-state index contributed by atoms with van der Waals surface area (Å²) in [5.41, 5.74) is 3.11. The van der Waals surface area contributed by atoms with Crippen molar-refractivity contribution in [2.75, 3.05) is 13.1 Å². The molecule has 1 aliphatic heterocycles. The number of hydrogen-bond acceptors (Lipinski definition) is 5. The van der Waals surface area contributed by atoms with Crippen LogP contribution in [0.3, 0.4) is 0 Å². The van der Waals surface area contributed by atoms with Crippen molar-refractivity contribution >= 4 is 5.91 Å². The van der Waals surface area contributed by atoms with Crippen LogP contribution in [-0.2, 0) is 4.79 Å². The van der Waals surface area contributed by atoms with Gasteiger partial charge < -0.3 is 10.6 Å². The second-order valence-corrected chi connectivity index (χ2v) is 6.60. The Morgan fingerprint density at radius 3 is 2.56 bits per heavy atom. The van der Waals surface area contributed by atoms with Crippen molar-refractivity contribution in [1.82, 2.24) is 15.6 Å². The number of hydrogen-bond donors (Lipinski definition) is 2. The first kappa shape index (κ1) is 18.6. The van der Waals surface area contributed by atoms with E-state index in [1.807, 2.05) is 36.4 Å². The third kappa shape index (κ3) is 4.69. The van der Waals surface area contributed by atoms with E-state index in [4.69, 9.17) is 5.26 Å². The SMILES string of the molecule is N#Cc1ccc(-c2ccc([C@@H](C#N)CNC(=O)[C@@H]3CCCCN3)cc2)cn1. The largest absolute Gasteiger partial charge is 0.353 e. The van der Waals surface area contributed by atoms with Gasteiger partial charge >= 0.3 is 0 Å². The van der Waals surface area contributed by atoms with Gasteiger partial charge in [0.2, 0.25) is 5.91 Å². The van der Waals surface area contributed by atoms with Crippen LogP contribution in [0.2, 0.25) is 0 Å². The number of aromatic nitrogens is 1. The van der Waals surface area contributed by atoms with Gasteiger partial charge in [-0.05, 0) is 42.6 Å². The first-order valence-corrected chi connectivity index (χ1v) is 9.08. The van der Waals surface area contributed by atoms with Gasteiger partial charge in [-0.1, -0.05) is 30.7 Å². The Morgan fingerprint density at radius 1 is 1.19 bits per heavy atom. The van der Waals surface area contributed by atoms with E-state index in [1.165, 1.54) is 0 Å². The minimum Gasteiger partial charge on any atom is -0.353 e. The molecule has 2 atom stereocenters. The van der Waals surface area contributed by atoms with E-state index in [-0.39, 0.29) is 11.9 Å². The van der Waals surface area contributed by atoms with Crippen LogP contribution in [0.4, 0.5) is 0 Å². The quantitative estimate of drug-likeness (QED) is 0.854. The number of nitriles is 2. The normalized spacial score (nSPS) is 17.3. The molecule has 2 N–H and O–H groups in total. The van der Waals surface area contributed by atoms with Crippen LogP contribution in [0.5, 0.6) is 0 Å². The third-order valence-corrected chi connectivity index (χ3v) is 4.79. The molecule has 0 bridgehead atoms. The van der Waals surface area contributed by atoms with Crippen LogP contribution in [0.25, 0.3) is 11.1 Å². The second-order valence-electron chi connectivity index (χ2n) is 6.60. The lowest BCUT2D eigenvalue weighted by molar-refractivity contribution is -0.123. The molecule has 0 unspecified atom stereocenters. The zero-order valence-electron chi connectivity index (χ0n) is 15.0. The van der Waals surface area contributed by atoms with Crippen molar-refractivity contribution < 1.29 is 4.79 Å². The van der Waals surface area contributed by atoms with E-state index in [9.17, 15) is 10.1 Å². The maximum Gasteiger partial charge on any atom is 0.237 e. The van der Waals surface area contributed by atoms with Crippen molar-refractivity contribution in [3.8, 4) is 23.3 Å². The average Bonchev–Trinajstić information content (AvgIpc) is 2.75. The molecule has 0 radical (unpaired) electrons. The minimum atomic E-state index is -0.398. The molecule has 1 saturated heterocycles. The molecule has 3 rings (SSSR count). The Labute approximate surface area is 158 Å². The first-order valence-electron chi connectivity index (χ1n) is 9.08. The van der Waals surface area contributed by atoms with Crippen LogP contribution >= 0.6 is 0 Å². The summed E-state index contributed by atoms with van der Waals surface area (Å²) in [4.78, 5) is 16.3. The topological polar surface area (TPSA) is 102 Å². The molecule has 136 valence electrons. The highest BCUT2D eigenvalue weighted by Gasteiger charge is 2.21. The predicted octanol–water partition coefficient (Wildman–Crippen LogP) is 2.49. The summed E-state index contributed by atoms with van der Waals surface area (Å²) in [7, 11) is 0. The van der Waals surface area contributed by atoms with Crippen molar-refractivity contribution in [1.29, 1.82) is 10.5 Å². The van der Waals surface area contributed by atoms with E-state index in [0.29, 0.717) is 12.2 Å². The summed E-state index contributed by atoms with van der Waals surface area (Å²) in [5.74, 6) is -0.430. The molecular weight excluding hydrogens is 338 g/mol. The number of carbonyl (C=O) groups excluding carboxylic acids is 1. The van der Waals surface area contributed by atoms with E-state index >= 15 is 0 Å². The summed E-state index contributed by atoms with van der Waals surface area (Å²) in [5, 5.41) is 24.4. The van der Waals surface area contributed by atoms with E-state index in [0.717, 1.165) is 42.5 Å². The molecule has 6 nitrogen and oxygen atoms in total. The summed E-state index contributed by atoms with van der Waals surface area (Å²) in [6.07, 6.45) is 4.66. The fourth-order valence-electron chi connectivity index (χ4n) is 3.18. The second kappa shape index (κ2) is 8.93. The van der Waals surface area contributed by atoms with Gasteiger partial charge in [0.25, 0.3) is 0 Å². The summed E-state index contributed by atoms with van der Waals surface area (Å²) in [6.45, 7) is 1.16. The van der Waals surface area contributed by atoms with Gasteiger partial charge in [0.15, 0.2) is 0 Å². The number of amides is 1. The van der Waals surface area contributed by atoms with E-state index in [1.54, 1.807) is 12.3 Å². The van der Waals surface area contributed by atoms with Crippen LogP contribution in [-0.4, -0.2) is 30.0 Å². The molecule has 0 aliphatic carbocycles. The molecule has 0 spiro atoms. The molecule has 6 heteroatoms. The molecule has 2 heterocycles. The number of benzene rings is 1. The monoisotopic (exact) mass is 359 g/mol. The van der Waals surface area contributed by atoms with Gasteiger partial charge in [-0.2, -0.15) is 10.5 Å². The van der Waals surface area contributed by atoms with E-state index < -0.39 is 5.92 Å². The maximum absolute atomic E-state index is 12.2. The molecule has 27 heavy (non-hydrogen) atoms. The molecule has 0 saturated carbocycles. The molecule has 1 aromatic heterocycles. The molecule has 1 fully saturated rings. The number of pyridine rings is 1. The molecule has 2 aromatic rings. The van der Waals surface area contributed by atoms with Gasteiger partial charge in [-0.3, -0.25) is 4.79 Å². The van der Waals surface area contributed by atoms with Crippen molar-refractivity contribution in [2.24, 2.45) is 0 Å². The Kier molecular flexibility index (Phi) is 6.14. The van der Waals surface area contributed by atoms with Gasteiger partial charge in [-0.15, -0.1) is 0 Å². The van der Waals surface area contributed by atoms with Crippen LogP contribution in [0.15, 0.2) is 42.6 Å². The highest BCUT2D eigenvalue weighted by Crippen LogP contribution is 2.22. The van der Waals surface area contributed by atoms with Crippen molar-refractivity contribution in [3.63, 3.8) is 0 Å². The molecular formula is C21H21N5O. The van der Waals surface area contributed by atoms with Crippen molar-refractivity contribution in [3.05, 3.63) is 53.9 Å². The number of nitrogens with zero attached hydrogens (tertiary/aromatic N) is 3. The minimum absolute atomic E-state index is 0.0322. The number of rotatable bonds is 5. The number of carbonyl (C=O) groups is 1. The fourth-order valence-corrected chi connectivity index (χ4v) is 3.18. The maximum atomic E-state index is 12.2. The first-order chi connectivity index (χ1) is 13.2. The lowest BCUT2D eigenvalue weighted by atomic mass is 9.97. The van der Waals surface area contributed by atoms with Crippen LogP contribution in [0, 0.1) is 22.7 Å². The van der Waals surface area contributed by atoms with Crippen LogP contribution < -0.4 is 10.6 Å². The summed E-state index contributed by atoms with van der Waals surface area (Å²) in [6, 6.07) is 15.3. The Bertz CT molecular complexity index is 855. The Morgan fingerprint density at radius 2 is 1.96 bits per heavy atom. The lowest BCUT2D eigenvalue weighted by Gasteiger charge is -2.23. The lowest BCUT2D eigenvalue weighted by Crippen LogP contribution is -2.47. The number of piperidine rings is 1. The number of nitrogens with one attached hydrogen (secondary N) is 2. The zero-order valence-corrected chi connectivity index (χ0v) is 15.0. The molecule has 1 aromatic carbocycles. The highest BCUT2D eigenvalue weighted by molar-refractivity contribution is 5.81. The van der Waals surface area contributed by atoms with Crippen molar-refractivity contribution in [2.45, 2.75) is 31.2 Å². The Hall–Kier alpha value is -3.22. The zero-order chi connectivity index (χ0) is 19.1. The predicted molar refractivity (Wildman–Crippen MR) is 101 cm³/mol. The van der Waals surface area contributed by atoms with Gasteiger partial charge in [0.1, 0.15) is 11.8 Å². The Balaban J connectivity index is 1.62. The van der Waals surface area contributed by atoms with Gasteiger partial charge in [0.05, 0.1) is 18.0 Å². The smallest absolute Gasteiger partial charge is 0.237 e. The highest BCUT2D eigenvalue weighted by atomic mass is 16.2. The molecule has 1 amide bonds. The fraction of sp³-hybridized carbons (Fsp3) is 0.333. The summed E-state index contributed by atoms with van der Waals surface area (Å²) < 4.78 is 0. The molecule has 1 aliphatic rings. The standard InChI is InChI=1S/C21H21N5O/c22-11-18(14-26-21(27)20-3-1-2-10-24-20)16-6-4-15(5-7-16)17-8-9-19(12-23)25-13-17/h4-9,13,18,20,24H,1-3,10,14H2,(H,26,27)/t18-,20-/m0/s1. The third-order valence-electron chi connectivity index (χ3n) is 4.79. The van der Waals surface area contributed by atoms with E-state index in [2.05, 4.69) is 21.7 Å². The van der Waals surface area contributed by atoms with Gasteiger partial charge in [-0.25, -0.2) is 4.98 Å². The summed E-state index contributed by atoms with van der Waals surface area (Å²) >= 11 is 0. The van der Waals surface area contributed by atoms with Gasteiger partial charge in [0, 0.05) is 18.3 Å².